The van der Waals surface area contributed by atoms with Crippen molar-refractivity contribution < 1.29 is 19.1 Å². The molecule has 0 aliphatic carbocycles. The highest BCUT2D eigenvalue weighted by atomic mass is 16.5. The lowest BCUT2D eigenvalue weighted by atomic mass is 9.99. The molecule has 0 radical (unpaired) electrons. The number of benzene rings is 1. The van der Waals surface area contributed by atoms with Gasteiger partial charge in [0.05, 0.1) is 18.8 Å². The van der Waals surface area contributed by atoms with E-state index in [0.29, 0.717) is 16.8 Å². The van der Waals surface area contributed by atoms with Crippen LogP contribution in [-0.2, 0) is 9.47 Å². The zero-order chi connectivity index (χ0) is 17.0. The topological polar surface area (TPSA) is 68.4 Å². The minimum atomic E-state index is -0.485. The first kappa shape index (κ1) is 16.8. The van der Waals surface area contributed by atoms with Crippen LogP contribution in [0.1, 0.15) is 46.0 Å². The highest BCUT2D eigenvalue weighted by Gasteiger charge is 2.27. The van der Waals surface area contributed by atoms with Gasteiger partial charge in [-0.15, -0.1) is 0 Å². The average Bonchev–Trinajstić information content (AvgIpc) is 2.86. The van der Waals surface area contributed by atoms with Crippen LogP contribution in [0.3, 0.4) is 0 Å². The highest BCUT2D eigenvalue weighted by Crippen LogP contribution is 2.31. The van der Waals surface area contributed by atoms with Crippen molar-refractivity contribution >= 4 is 11.9 Å². The fourth-order valence-electron chi connectivity index (χ4n) is 2.45. The molecule has 0 saturated carbocycles. The van der Waals surface area contributed by atoms with E-state index < -0.39 is 11.9 Å². The summed E-state index contributed by atoms with van der Waals surface area (Å²) in [5, 5.41) is 0. The standard InChI is InChI=1S/C18H21NO4/c1-5-22-17(20)14-12(4)19-16(18(21)23-6-2)15(14)13-9-7-11(3)8-10-13/h7-10,19H,5-6H2,1-4H3. The van der Waals surface area contributed by atoms with Gasteiger partial charge < -0.3 is 14.5 Å². The average molecular weight is 315 g/mol. The number of rotatable bonds is 5. The largest absolute Gasteiger partial charge is 0.462 e. The predicted molar refractivity (Wildman–Crippen MR) is 87.6 cm³/mol. The quantitative estimate of drug-likeness (QED) is 0.855. The monoisotopic (exact) mass is 315 g/mol. The Kier molecular flexibility index (Phi) is 5.21. The fraction of sp³-hybridized carbons (Fsp3) is 0.333. The van der Waals surface area contributed by atoms with E-state index in [-0.39, 0.29) is 18.9 Å². The molecular weight excluding hydrogens is 294 g/mol. The molecule has 0 spiro atoms. The van der Waals surface area contributed by atoms with E-state index in [0.717, 1.165) is 11.1 Å². The fourth-order valence-corrected chi connectivity index (χ4v) is 2.45. The SMILES string of the molecule is CCOC(=O)c1[nH]c(C)c(C(=O)OCC)c1-c1ccc(C)cc1. The Morgan fingerprint density at radius 3 is 2.09 bits per heavy atom. The first-order valence-electron chi connectivity index (χ1n) is 7.63. The molecule has 0 unspecified atom stereocenters. The molecule has 1 aromatic heterocycles. The Hall–Kier alpha value is -2.56. The maximum Gasteiger partial charge on any atom is 0.355 e. The Balaban J connectivity index is 2.64. The van der Waals surface area contributed by atoms with Crippen molar-refractivity contribution in [1.29, 1.82) is 0 Å². The Morgan fingerprint density at radius 1 is 0.957 bits per heavy atom. The Bertz CT molecular complexity index is 713. The van der Waals surface area contributed by atoms with Crippen LogP contribution in [0.25, 0.3) is 11.1 Å². The van der Waals surface area contributed by atoms with Crippen molar-refractivity contribution in [2.75, 3.05) is 13.2 Å². The number of aromatic nitrogens is 1. The second-order valence-corrected chi connectivity index (χ2v) is 5.18. The second kappa shape index (κ2) is 7.13. The van der Waals surface area contributed by atoms with Crippen molar-refractivity contribution in [3.8, 4) is 11.1 Å². The van der Waals surface area contributed by atoms with Crippen LogP contribution in [0.15, 0.2) is 24.3 Å². The third kappa shape index (κ3) is 3.44. The van der Waals surface area contributed by atoms with Gasteiger partial charge in [-0.1, -0.05) is 29.8 Å². The molecule has 5 nitrogen and oxygen atoms in total. The summed E-state index contributed by atoms with van der Waals surface area (Å²) in [4.78, 5) is 27.5. The molecule has 2 rings (SSSR count). The van der Waals surface area contributed by atoms with Gasteiger partial charge in [-0.2, -0.15) is 0 Å². The summed E-state index contributed by atoms with van der Waals surface area (Å²) in [6, 6.07) is 7.62. The van der Waals surface area contributed by atoms with E-state index in [1.807, 2.05) is 31.2 Å². The number of H-pyrrole nitrogens is 1. The minimum absolute atomic E-state index is 0.263. The van der Waals surface area contributed by atoms with Crippen molar-refractivity contribution in [3.05, 3.63) is 46.8 Å². The maximum atomic E-state index is 12.3. The number of ether oxygens (including phenoxy) is 2. The van der Waals surface area contributed by atoms with E-state index in [4.69, 9.17) is 9.47 Å². The number of hydrogen-bond donors (Lipinski definition) is 1. The molecule has 122 valence electrons. The molecule has 0 bridgehead atoms. The van der Waals surface area contributed by atoms with Crippen LogP contribution < -0.4 is 0 Å². The van der Waals surface area contributed by atoms with Gasteiger partial charge in [0.1, 0.15) is 5.69 Å². The van der Waals surface area contributed by atoms with Gasteiger partial charge in [0.2, 0.25) is 0 Å². The molecule has 2 aromatic rings. The molecule has 1 heterocycles. The molecule has 0 aliphatic heterocycles. The van der Waals surface area contributed by atoms with Crippen molar-refractivity contribution in [3.63, 3.8) is 0 Å². The van der Waals surface area contributed by atoms with Crippen molar-refractivity contribution in [1.82, 2.24) is 4.98 Å². The number of aryl methyl sites for hydroxylation is 2. The van der Waals surface area contributed by atoms with E-state index in [2.05, 4.69) is 4.98 Å². The number of carbonyl (C=O) groups is 2. The van der Waals surface area contributed by atoms with E-state index in [1.54, 1.807) is 20.8 Å². The van der Waals surface area contributed by atoms with Crippen LogP contribution in [0.5, 0.6) is 0 Å². The van der Waals surface area contributed by atoms with Crippen LogP contribution in [0.2, 0.25) is 0 Å². The molecule has 0 saturated heterocycles. The van der Waals surface area contributed by atoms with E-state index >= 15 is 0 Å². The third-order valence-corrected chi connectivity index (χ3v) is 3.49. The normalized spacial score (nSPS) is 10.4. The lowest BCUT2D eigenvalue weighted by Gasteiger charge is -2.08. The molecule has 0 fully saturated rings. The predicted octanol–water partition coefficient (Wildman–Crippen LogP) is 3.65. The molecule has 1 N–H and O–H groups in total. The zero-order valence-electron chi connectivity index (χ0n) is 13.9. The van der Waals surface area contributed by atoms with Gasteiger partial charge in [-0.3, -0.25) is 0 Å². The van der Waals surface area contributed by atoms with E-state index in [1.165, 1.54) is 0 Å². The summed E-state index contributed by atoms with van der Waals surface area (Å²) in [6.07, 6.45) is 0. The molecule has 23 heavy (non-hydrogen) atoms. The van der Waals surface area contributed by atoms with Crippen LogP contribution >= 0.6 is 0 Å². The summed E-state index contributed by atoms with van der Waals surface area (Å²) < 4.78 is 10.2. The first-order chi connectivity index (χ1) is 11.0. The number of esters is 2. The van der Waals surface area contributed by atoms with Gasteiger partial charge in [-0.05, 0) is 33.3 Å². The lowest BCUT2D eigenvalue weighted by Crippen LogP contribution is -2.09. The third-order valence-electron chi connectivity index (χ3n) is 3.49. The summed E-state index contributed by atoms with van der Waals surface area (Å²) in [5.74, 6) is -0.936. The van der Waals surface area contributed by atoms with Crippen LogP contribution in [-0.4, -0.2) is 30.1 Å². The van der Waals surface area contributed by atoms with E-state index in [9.17, 15) is 9.59 Å². The van der Waals surface area contributed by atoms with Gasteiger partial charge in [0, 0.05) is 11.3 Å². The lowest BCUT2D eigenvalue weighted by molar-refractivity contribution is 0.0518. The number of carbonyl (C=O) groups excluding carboxylic acids is 2. The maximum absolute atomic E-state index is 12.3. The van der Waals surface area contributed by atoms with Crippen LogP contribution in [0.4, 0.5) is 0 Å². The minimum Gasteiger partial charge on any atom is -0.462 e. The van der Waals surface area contributed by atoms with Gasteiger partial charge in [0.25, 0.3) is 0 Å². The van der Waals surface area contributed by atoms with Crippen molar-refractivity contribution in [2.45, 2.75) is 27.7 Å². The second-order valence-electron chi connectivity index (χ2n) is 5.18. The van der Waals surface area contributed by atoms with Gasteiger partial charge >= 0.3 is 11.9 Å². The van der Waals surface area contributed by atoms with Crippen LogP contribution in [0, 0.1) is 13.8 Å². The molecule has 5 heteroatoms. The summed E-state index contributed by atoms with van der Waals surface area (Å²) in [6.45, 7) is 7.74. The number of nitrogens with one attached hydrogen (secondary N) is 1. The number of aromatic amines is 1. The Labute approximate surface area is 135 Å². The summed E-state index contributed by atoms with van der Waals surface area (Å²) in [5.41, 5.74) is 3.62. The molecule has 0 amide bonds. The van der Waals surface area contributed by atoms with Crippen molar-refractivity contribution in [2.24, 2.45) is 0 Å². The molecule has 0 atom stereocenters. The molecule has 0 aliphatic rings. The zero-order valence-corrected chi connectivity index (χ0v) is 13.9. The van der Waals surface area contributed by atoms with Gasteiger partial charge in [-0.25, -0.2) is 9.59 Å². The summed E-state index contributed by atoms with van der Waals surface area (Å²) >= 11 is 0. The Morgan fingerprint density at radius 2 is 1.52 bits per heavy atom. The molecule has 1 aromatic carbocycles. The summed E-state index contributed by atoms with van der Waals surface area (Å²) in [7, 11) is 0. The smallest absolute Gasteiger partial charge is 0.355 e. The van der Waals surface area contributed by atoms with Gasteiger partial charge in [0.15, 0.2) is 0 Å². The molecular formula is C18H21NO4. The highest BCUT2D eigenvalue weighted by molar-refractivity contribution is 6.06. The number of hydrogen-bond acceptors (Lipinski definition) is 4. The first-order valence-corrected chi connectivity index (χ1v) is 7.63.